The Labute approximate surface area is 111 Å². The van der Waals surface area contributed by atoms with Crippen molar-refractivity contribution in [3.8, 4) is 6.07 Å². The van der Waals surface area contributed by atoms with Crippen molar-refractivity contribution in [3.05, 3.63) is 34.6 Å². The smallest absolute Gasteiger partial charge is 0.146 e. The monoisotopic (exact) mass is 259 g/mol. The molecule has 1 aliphatic heterocycles. The van der Waals surface area contributed by atoms with Gasteiger partial charge >= 0.3 is 0 Å². The van der Waals surface area contributed by atoms with Crippen molar-refractivity contribution in [1.29, 1.82) is 5.26 Å². The highest BCUT2D eigenvalue weighted by atomic mass is 35.5. The second-order valence-electron chi connectivity index (χ2n) is 5.02. The quantitative estimate of drug-likeness (QED) is 0.789. The van der Waals surface area contributed by atoms with E-state index in [0.717, 1.165) is 43.3 Å². The number of pyridine rings is 1. The third kappa shape index (κ3) is 2.03. The zero-order valence-electron chi connectivity index (χ0n) is 9.99. The summed E-state index contributed by atoms with van der Waals surface area (Å²) in [4.78, 5) is 4.10. The standard InChI is InChI=1S/C14H14ClN3/c15-14-11(5-16)4-13(8-18-14)9-1-2-10-6-17-7-12(10)3-9/h1,4,8,10,12,17H,2-3,6-7H2. The molecule has 2 heterocycles. The van der Waals surface area contributed by atoms with Crippen molar-refractivity contribution in [3.63, 3.8) is 0 Å². The summed E-state index contributed by atoms with van der Waals surface area (Å²) in [5.74, 6) is 1.51. The normalized spacial score (nSPS) is 26.3. The fourth-order valence-electron chi connectivity index (χ4n) is 2.90. The highest BCUT2D eigenvalue weighted by Gasteiger charge is 2.30. The van der Waals surface area contributed by atoms with E-state index in [1.165, 1.54) is 5.57 Å². The summed E-state index contributed by atoms with van der Waals surface area (Å²) in [6.45, 7) is 2.24. The summed E-state index contributed by atoms with van der Waals surface area (Å²) in [6.07, 6.45) is 6.27. The summed E-state index contributed by atoms with van der Waals surface area (Å²) in [7, 11) is 0. The fraction of sp³-hybridized carbons (Fsp3) is 0.429. The van der Waals surface area contributed by atoms with Crippen LogP contribution in [0.2, 0.25) is 5.15 Å². The van der Waals surface area contributed by atoms with Crippen LogP contribution in [0.3, 0.4) is 0 Å². The molecule has 1 N–H and O–H groups in total. The van der Waals surface area contributed by atoms with E-state index >= 15 is 0 Å². The Morgan fingerprint density at radius 2 is 2.22 bits per heavy atom. The van der Waals surface area contributed by atoms with Gasteiger partial charge in [-0.25, -0.2) is 4.98 Å². The largest absolute Gasteiger partial charge is 0.316 e. The van der Waals surface area contributed by atoms with Crippen LogP contribution in [-0.4, -0.2) is 18.1 Å². The molecule has 1 aromatic rings. The van der Waals surface area contributed by atoms with Crippen LogP contribution in [0.1, 0.15) is 24.0 Å². The third-order valence-corrected chi connectivity index (χ3v) is 4.26. The lowest BCUT2D eigenvalue weighted by Crippen LogP contribution is -2.16. The summed E-state index contributed by atoms with van der Waals surface area (Å²) >= 11 is 5.86. The van der Waals surface area contributed by atoms with Crippen LogP contribution in [0.4, 0.5) is 0 Å². The van der Waals surface area contributed by atoms with E-state index in [0.29, 0.717) is 5.56 Å². The second kappa shape index (κ2) is 4.72. The predicted molar refractivity (Wildman–Crippen MR) is 71.0 cm³/mol. The van der Waals surface area contributed by atoms with Gasteiger partial charge in [0.25, 0.3) is 0 Å². The van der Waals surface area contributed by atoms with Gasteiger partial charge in [0, 0.05) is 6.20 Å². The number of rotatable bonds is 1. The Morgan fingerprint density at radius 3 is 3.06 bits per heavy atom. The van der Waals surface area contributed by atoms with E-state index < -0.39 is 0 Å². The maximum Gasteiger partial charge on any atom is 0.146 e. The van der Waals surface area contributed by atoms with Gasteiger partial charge in [-0.3, -0.25) is 0 Å². The fourth-order valence-corrected chi connectivity index (χ4v) is 3.04. The van der Waals surface area contributed by atoms with Crippen molar-refractivity contribution in [2.75, 3.05) is 13.1 Å². The van der Waals surface area contributed by atoms with Crippen molar-refractivity contribution in [2.24, 2.45) is 11.8 Å². The predicted octanol–water partition coefficient (Wildman–Crippen LogP) is 2.62. The van der Waals surface area contributed by atoms with Crippen LogP contribution in [0.5, 0.6) is 0 Å². The molecular weight excluding hydrogens is 246 g/mol. The molecule has 1 saturated heterocycles. The SMILES string of the molecule is N#Cc1cc(C2=CCC3CNCC3C2)cnc1Cl. The van der Waals surface area contributed by atoms with E-state index in [9.17, 15) is 0 Å². The topological polar surface area (TPSA) is 48.7 Å². The number of hydrogen-bond donors (Lipinski definition) is 1. The molecule has 1 aliphatic carbocycles. The number of nitrogens with one attached hydrogen (secondary N) is 1. The molecule has 0 bridgehead atoms. The van der Waals surface area contributed by atoms with Crippen LogP contribution >= 0.6 is 11.6 Å². The van der Waals surface area contributed by atoms with Crippen molar-refractivity contribution >= 4 is 17.2 Å². The maximum atomic E-state index is 8.99. The van der Waals surface area contributed by atoms with Crippen molar-refractivity contribution in [1.82, 2.24) is 10.3 Å². The average molecular weight is 260 g/mol. The third-order valence-electron chi connectivity index (χ3n) is 3.96. The minimum Gasteiger partial charge on any atom is -0.316 e. The highest BCUT2D eigenvalue weighted by Crippen LogP contribution is 2.36. The number of aromatic nitrogens is 1. The molecule has 2 unspecified atom stereocenters. The zero-order valence-corrected chi connectivity index (χ0v) is 10.7. The number of nitrogens with zero attached hydrogens (tertiary/aromatic N) is 2. The van der Waals surface area contributed by atoms with Gasteiger partial charge in [-0.1, -0.05) is 17.7 Å². The lowest BCUT2D eigenvalue weighted by molar-refractivity contribution is 0.418. The average Bonchev–Trinajstić information content (AvgIpc) is 2.86. The molecule has 0 spiro atoms. The van der Waals surface area contributed by atoms with Crippen LogP contribution in [-0.2, 0) is 0 Å². The second-order valence-corrected chi connectivity index (χ2v) is 5.38. The van der Waals surface area contributed by atoms with Crippen LogP contribution in [0.25, 0.3) is 5.57 Å². The van der Waals surface area contributed by atoms with Crippen molar-refractivity contribution < 1.29 is 0 Å². The van der Waals surface area contributed by atoms with Gasteiger partial charge in [-0.2, -0.15) is 5.26 Å². The molecule has 3 rings (SSSR count). The summed E-state index contributed by atoms with van der Waals surface area (Å²) in [5, 5.41) is 12.7. The minimum absolute atomic E-state index is 0.290. The van der Waals surface area contributed by atoms with E-state index in [2.05, 4.69) is 22.4 Å². The molecule has 0 saturated carbocycles. The number of nitriles is 1. The Morgan fingerprint density at radius 1 is 1.39 bits per heavy atom. The number of allylic oxidation sites excluding steroid dienone is 2. The first-order valence-electron chi connectivity index (χ1n) is 6.23. The van der Waals surface area contributed by atoms with E-state index in [1.54, 1.807) is 6.20 Å². The lowest BCUT2D eigenvalue weighted by atomic mass is 9.80. The number of fused-ring (bicyclic) bond motifs is 1. The molecule has 18 heavy (non-hydrogen) atoms. The molecular formula is C14H14ClN3. The first-order chi connectivity index (χ1) is 8.78. The van der Waals surface area contributed by atoms with Crippen LogP contribution < -0.4 is 5.32 Å². The zero-order chi connectivity index (χ0) is 12.5. The molecule has 1 fully saturated rings. The summed E-state index contributed by atoms with van der Waals surface area (Å²) in [5.41, 5.74) is 2.81. The molecule has 2 aliphatic rings. The maximum absolute atomic E-state index is 8.99. The Balaban J connectivity index is 1.89. The first-order valence-corrected chi connectivity index (χ1v) is 6.61. The highest BCUT2D eigenvalue weighted by molar-refractivity contribution is 6.30. The molecule has 3 nitrogen and oxygen atoms in total. The summed E-state index contributed by atoms with van der Waals surface area (Å²) in [6, 6.07) is 3.94. The van der Waals surface area contributed by atoms with Gasteiger partial charge in [0.1, 0.15) is 11.2 Å². The van der Waals surface area contributed by atoms with E-state index in [1.807, 2.05) is 6.07 Å². The van der Waals surface area contributed by atoms with E-state index in [-0.39, 0.29) is 5.15 Å². The molecule has 0 radical (unpaired) electrons. The first kappa shape index (κ1) is 11.7. The minimum atomic E-state index is 0.290. The molecule has 1 aromatic heterocycles. The molecule has 2 atom stereocenters. The van der Waals surface area contributed by atoms with Gasteiger partial charge in [-0.15, -0.1) is 0 Å². The summed E-state index contributed by atoms with van der Waals surface area (Å²) < 4.78 is 0. The van der Waals surface area contributed by atoms with E-state index in [4.69, 9.17) is 16.9 Å². The molecule has 4 heteroatoms. The van der Waals surface area contributed by atoms with Crippen LogP contribution in [0.15, 0.2) is 18.3 Å². The number of hydrogen-bond acceptors (Lipinski definition) is 3. The molecule has 0 amide bonds. The van der Waals surface area contributed by atoms with Gasteiger partial charge in [0.2, 0.25) is 0 Å². The van der Waals surface area contributed by atoms with Gasteiger partial charge in [-0.05, 0) is 55.0 Å². The van der Waals surface area contributed by atoms with Crippen LogP contribution in [0, 0.1) is 23.2 Å². The Kier molecular flexibility index (Phi) is 3.07. The molecule has 0 aromatic carbocycles. The number of halogens is 1. The Bertz CT molecular complexity index is 544. The molecule has 92 valence electrons. The van der Waals surface area contributed by atoms with Gasteiger partial charge in [0.05, 0.1) is 5.56 Å². The Hall–Kier alpha value is -1.37. The lowest BCUT2D eigenvalue weighted by Gasteiger charge is -2.24. The van der Waals surface area contributed by atoms with Crippen molar-refractivity contribution in [2.45, 2.75) is 12.8 Å². The van der Waals surface area contributed by atoms with Gasteiger partial charge < -0.3 is 5.32 Å². The van der Waals surface area contributed by atoms with Gasteiger partial charge in [0.15, 0.2) is 0 Å².